The Labute approximate surface area is 134 Å². The lowest BCUT2D eigenvalue weighted by Gasteiger charge is -2.56. The van der Waals surface area contributed by atoms with E-state index >= 15 is 0 Å². The molecule has 3 saturated heterocycles. The summed E-state index contributed by atoms with van der Waals surface area (Å²) in [5, 5.41) is 0. The van der Waals surface area contributed by atoms with Crippen LogP contribution in [0.3, 0.4) is 0 Å². The molecule has 4 heterocycles. The monoisotopic (exact) mass is 315 g/mol. The van der Waals surface area contributed by atoms with E-state index in [4.69, 9.17) is 0 Å². The Kier molecular flexibility index (Phi) is 3.83. The number of pyridine rings is 1. The maximum atomic E-state index is 13.3. The van der Waals surface area contributed by atoms with Crippen LogP contribution < -0.4 is 0 Å². The van der Waals surface area contributed by atoms with Gasteiger partial charge in [0.05, 0.1) is 5.69 Å². The normalized spacial score (nSPS) is 24.4. The van der Waals surface area contributed by atoms with Gasteiger partial charge in [0, 0.05) is 50.5 Å². The minimum Gasteiger partial charge on any atom is -0.294 e. The highest BCUT2D eigenvalue weighted by atomic mass is 19.1. The maximum Gasteiger partial charge on any atom is 0.126 e. The van der Waals surface area contributed by atoms with E-state index in [1.807, 2.05) is 24.4 Å². The average Bonchev–Trinajstić information content (AvgIpc) is 2.53. The van der Waals surface area contributed by atoms with Gasteiger partial charge in [-0.05, 0) is 36.2 Å². The number of fused-ring (bicyclic) bond motifs is 2. The van der Waals surface area contributed by atoms with Gasteiger partial charge in [0.1, 0.15) is 11.6 Å². The SMILES string of the molecule is Fc1cc(F)cc(CN2C3CC2CN(Cc2ccccn2)C3)c1. The molecule has 3 fully saturated rings. The van der Waals surface area contributed by atoms with E-state index in [1.54, 1.807) is 0 Å². The lowest BCUT2D eigenvalue weighted by atomic mass is 9.86. The van der Waals surface area contributed by atoms with Crippen LogP contribution in [0.15, 0.2) is 42.6 Å². The van der Waals surface area contributed by atoms with Crippen molar-refractivity contribution in [2.24, 2.45) is 0 Å². The second-order valence-corrected chi connectivity index (χ2v) is 6.51. The van der Waals surface area contributed by atoms with Crippen LogP contribution in [-0.2, 0) is 13.1 Å². The smallest absolute Gasteiger partial charge is 0.126 e. The molecule has 2 unspecified atom stereocenters. The summed E-state index contributed by atoms with van der Waals surface area (Å²) in [6.07, 6.45) is 3.00. The molecular weight excluding hydrogens is 296 g/mol. The van der Waals surface area contributed by atoms with Gasteiger partial charge in [-0.3, -0.25) is 14.8 Å². The number of hydrogen-bond donors (Lipinski definition) is 0. The summed E-state index contributed by atoms with van der Waals surface area (Å²) < 4.78 is 26.6. The molecule has 5 rings (SSSR count). The topological polar surface area (TPSA) is 19.4 Å². The standard InChI is InChI=1S/C18H19F2N3/c19-14-5-13(6-15(20)7-14)9-23-17-8-18(23)12-22(11-17)10-16-3-1-2-4-21-16/h1-7,17-18H,8-12H2. The first-order valence-electron chi connectivity index (χ1n) is 8.00. The molecule has 2 atom stereocenters. The van der Waals surface area contributed by atoms with Crippen molar-refractivity contribution in [3.63, 3.8) is 0 Å². The zero-order valence-electron chi connectivity index (χ0n) is 12.8. The van der Waals surface area contributed by atoms with Crippen molar-refractivity contribution in [3.05, 3.63) is 65.5 Å². The number of benzene rings is 1. The van der Waals surface area contributed by atoms with E-state index in [0.717, 1.165) is 37.0 Å². The molecule has 3 nitrogen and oxygen atoms in total. The second-order valence-electron chi connectivity index (χ2n) is 6.51. The highest BCUT2D eigenvalue weighted by molar-refractivity contribution is 5.19. The largest absolute Gasteiger partial charge is 0.294 e. The summed E-state index contributed by atoms with van der Waals surface area (Å²) in [5.74, 6) is -0.995. The number of aromatic nitrogens is 1. The fourth-order valence-electron chi connectivity index (χ4n) is 3.80. The van der Waals surface area contributed by atoms with E-state index in [2.05, 4.69) is 14.8 Å². The fraction of sp³-hybridized carbons (Fsp3) is 0.389. The summed E-state index contributed by atoms with van der Waals surface area (Å²) in [6, 6.07) is 10.7. The Morgan fingerprint density at radius 1 is 1.00 bits per heavy atom. The first-order valence-corrected chi connectivity index (χ1v) is 8.00. The molecule has 0 N–H and O–H groups in total. The van der Waals surface area contributed by atoms with Crippen LogP contribution in [0.4, 0.5) is 8.78 Å². The quantitative estimate of drug-likeness (QED) is 0.865. The predicted octanol–water partition coefficient (Wildman–Crippen LogP) is 2.82. The fourth-order valence-corrected chi connectivity index (χ4v) is 3.80. The van der Waals surface area contributed by atoms with Gasteiger partial charge in [-0.2, -0.15) is 0 Å². The van der Waals surface area contributed by atoms with Crippen LogP contribution in [0.25, 0.3) is 0 Å². The van der Waals surface area contributed by atoms with Crippen molar-refractivity contribution in [3.8, 4) is 0 Å². The van der Waals surface area contributed by atoms with Gasteiger partial charge in [-0.1, -0.05) is 6.07 Å². The Bertz CT molecular complexity index is 660. The van der Waals surface area contributed by atoms with E-state index in [1.165, 1.54) is 18.6 Å². The minimum absolute atomic E-state index is 0.476. The summed E-state index contributed by atoms with van der Waals surface area (Å²) >= 11 is 0. The molecule has 0 radical (unpaired) electrons. The molecule has 0 aliphatic carbocycles. The molecule has 120 valence electrons. The van der Waals surface area contributed by atoms with Crippen molar-refractivity contribution in [1.29, 1.82) is 0 Å². The number of piperidine rings is 1. The summed E-state index contributed by atoms with van der Waals surface area (Å²) in [7, 11) is 0. The van der Waals surface area contributed by atoms with Crippen LogP contribution in [0.5, 0.6) is 0 Å². The van der Waals surface area contributed by atoms with Gasteiger partial charge < -0.3 is 0 Å². The molecule has 3 aliphatic heterocycles. The third-order valence-corrected chi connectivity index (χ3v) is 4.82. The molecule has 3 aliphatic rings. The highest BCUT2D eigenvalue weighted by Crippen LogP contribution is 2.34. The van der Waals surface area contributed by atoms with Gasteiger partial charge in [0.25, 0.3) is 0 Å². The number of rotatable bonds is 4. The lowest BCUT2D eigenvalue weighted by molar-refractivity contribution is -0.0778. The molecule has 1 aromatic carbocycles. The number of halogens is 2. The summed E-state index contributed by atoms with van der Waals surface area (Å²) in [6.45, 7) is 3.48. The van der Waals surface area contributed by atoms with Gasteiger partial charge >= 0.3 is 0 Å². The van der Waals surface area contributed by atoms with Crippen LogP contribution in [0, 0.1) is 11.6 Å². The van der Waals surface area contributed by atoms with Crippen LogP contribution >= 0.6 is 0 Å². The van der Waals surface area contributed by atoms with E-state index < -0.39 is 11.6 Å². The molecular formula is C18H19F2N3. The van der Waals surface area contributed by atoms with E-state index in [0.29, 0.717) is 18.6 Å². The molecule has 5 heteroatoms. The summed E-state index contributed by atoms with van der Waals surface area (Å²) in [5.41, 5.74) is 1.81. The number of nitrogens with zero attached hydrogens (tertiary/aromatic N) is 3. The molecule has 2 aromatic rings. The van der Waals surface area contributed by atoms with Crippen molar-refractivity contribution in [2.45, 2.75) is 31.6 Å². The average molecular weight is 315 g/mol. The van der Waals surface area contributed by atoms with Gasteiger partial charge in [0.15, 0.2) is 0 Å². The molecule has 2 bridgehead atoms. The third kappa shape index (κ3) is 3.12. The number of hydrogen-bond acceptors (Lipinski definition) is 3. The third-order valence-electron chi connectivity index (χ3n) is 4.82. The molecule has 0 amide bonds. The Balaban J connectivity index is 1.38. The van der Waals surface area contributed by atoms with Crippen LogP contribution in [0.2, 0.25) is 0 Å². The maximum absolute atomic E-state index is 13.3. The zero-order valence-corrected chi connectivity index (χ0v) is 12.8. The Morgan fingerprint density at radius 2 is 1.74 bits per heavy atom. The first-order chi connectivity index (χ1) is 11.2. The summed E-state index contributed by atoms with van der Waals surface area (Å²) in [4.78, 5) is 9.16. The Hall–Kier alpha value is -1.85. The van der Waals surface area contributed by atoms with Crippen molar-refractivity contribution < 1.29 is 8.78 Å². The van der Waals surface area contributed by atoms with Gasteiger partial charge in [-0.25, -0.2) is 8.78 Å². The molecule has 0 saturated carbocycles. The molecule has 0 spiro atoms. The Morgan fingerprint density at radius 3 is 2.39 bits per heavy atom. The van der Waals surface area contributed by atoms with Crippen molar-refractivity contribution >= 4 is 0 Å². The van der Waals surface area contributed by atoms with Crippen molar-refractivity contribution in [1.82, 2.24) is 14.8 Å². The van der Waals surface area contributed by atoms with Crippen LogP contribution in [0.1, 0.15) is 17.7 Å². The van der Waals surface area contributed by atoms with Crippen molar-refractivity contribution in [2.75, 3.05) is 13.1 Å². The minimum atomic E-state index is -0.498. The predicted molar refractivity (Wildman–Crippen MR) is 83.6 cm³/mol. The first kappa shape index (κ1) is 14.7. The number of piperazine rings is 1. The van der Waals surface area contributed by atoms with Gasteiger partial charge in [-0.15, -0.1) is 0 Å². The van der Waals surface area contributed by atoms with Gasteiger partial charge in [0.2, 0.25) is 0 Å². The van der Waals surface area contributed by atoms with Crippen LogP contribution in [-0.4, -0.2) is 40.0 Å². The molecule has 1 aromatic heterocycles. The highest BCUT2D eigenvalue weighted by Gasteiger charge is 2.44. The lowest BCUT2D eigenvalue weighted by Crippen LogP contribution is -2.67. The molecule has 23 heavy (non-hydrogen) atoms. The van der Waals surface area contributed by atoms with E-state index in [-0.39, 0.29) is 0 Å². The second kappa shape index (κ2) is 5.98. The zero-order chi connectivity index (χ0) is 15.8. The van der Waals surface area contributed by atoms with E-state index in [9.17, 15) is 8.78 Å².